The highest BCUT2D eigenvalue weighted by Gasteiger charge is 2.66. The molecular formula is C20H15ClF3NO3. The SMILES string of the molecule is [C-]#[N+][C@@](C(=O)OC)(c1ccccc1)[C@H](CC(=O)c1ccc(Cl)cc1)C(F)(F)F. The molecule has 0 aliphatic carbocycles. The molecule has 2 aromatic carbocycles. The van der Waals surface area contributed by atoms with Crippen molar-refractivity contribution in [1.82, 2.24) is 0 Å². The first-order valence-electron chi connectivity index (χ1n) is 8.04. The zero-order valence-corrected chi connectivity index (χ0v) is 15.4. The molecule has 0 N–H and O–H groups in total. The van der Waals surface area contributed by atoms with Gasteiger partial charge in [-0.2, -0.15) is 13.2 Å². The number of alkyl halides is 3. The van der Waals surface area contributed by atoms with E-state index in [0.717, 1.165) is 7.11 Å². The average molecular weight is 410 g/mol. The molecule has 0 saturated carbocycles. The Labute approximate surface area is 164 Å². The number of esters is 1. The van der Waals surface area contributed by atoms with Crippen molar-refractivity contribution in [3.05, 3.63) is 82.2 Å². The van der Waals surface area contributed by atoms with E-state index in [2.05, 4.69) is 9.58 Å². The summed E-state index contributed by atoms with van der Waals surface area (Å²) >= 11 is 5.74. The molecule has 2 aromatic rings. The number of ketones is 1. The zero-order valence-electron chi connectivity index (χ0n) is 14.7. The number of ether oxygens (including phenoxy) is 1. The lowest BCUT2D eigenvalue weighted by molar-refractivity contribution is -0.197. The molecule has 0 aromatic heterocycles. The van der Waals surface area contributed by atoms with E-state index in [0.29, 0.717) is 5.02 Å². The Morgan fingerprint density at radius 1 is 1.11 bits per heavy atom. The van der Waals surface area contributed by atoms with Crippen LogP contribution in [-0.4, -0.2) is 25.0 Å². The highest BCUT2D eigenvalue weighted by Crippen LogP contribution is 2.47. The predicted octanol–water partition coefficient (Wildman–Crippen LogP) is 5.08. The van der Waals surface area contributed by atoms with Gasteiger partial charge in [-0.3, -0.25) is 9.64 Å². The van der Waals surface area contributed by atoms with Crippen LogP contribution < -0.4 is 0 Å². The fourth-order valence-electron chi connectivity index (χ4n) is 2.94. The minimum Gasteiger partial charge on any atom is -0.463 e. The lowest BCUT2D eigenvalue weighted by Crippen LogP contribution is -2.48. The summed E-state index contributed by atoms with van der Waals surface area (Å²) < 4.78 is 46.6. The van der Waals surface area contributed by atoms with E-state index >= 15 is 0 Å². The molecule has 0 aliphatic heterocycles. The summed E-state index contributed by atoms with van der Waals surface area (Å²) in [5.41, 5.74) is -2.94. The molecule has 0 aliphatic rings. The second-order valence-corrected chi connectivity index (χ2v) is 6.40. The number of carbonyl (C=O) groups is 2. The molecular weight excluding hydrogens is 395 g/mol. The van der Waals surface area contributed by atoms with Gasteiger partial charge in [0.05, 0.1) is 7.11 Å². The lowest BCUT2D eigenvalue weighted by atomic mass is 9.75. The van der Waals surface area contributed by atoms with Gasteiger partial charge >= 0.3 is 17.7 Å². The van der Waals surface area contributed by atoms with E-state index in [1.54, 1.807) is 0 Å². The van der Waals surface area contributed by atoms with Gasteiger partial charge in [-0.05, 0) is 24.3 Å². The number of carbonyl (C=O) groups excluding carboxylic acids is 2. The van der Waals surface area contributed by atoms with Gasteiger partial charge in [0.1, 0.15) is 0 Å². The van der Waals surface area contributed by atoms with Gasteiger partial charge in [0.2, 0.25) is 0 Å². The normalized spacial score (nSPS) is 14.4. The minimum atomic E-state index is -5.02. The molecule has 0 heterocycles. The summed E-state index contributed by atoms with van der Waals surface area (Å²) in [7, 11) is 0.902. The van der Waals surface area contributed by atoms with Crippen molar-refractivity contribution in [3.63, 3.8) is 0 Å². The summed E-state index contributed by atoms with van der Waals surface area (Å²) in [5.74, 6) is -4.85. The Balaban J connectivity index is 2.59. The van der Waals surface area contributed by atoms with E-state index in [-0.39, 0.29) is 11.1 Å². The van der Waals surface area contributed by atoms with Crippen LogP contribution in [0.1, 0.15) is 22.3 Å². The van der Waals surface area contributed by atoms with Crippen molar-refractivity contribution in [2.75, 3.05) is 7.11 Å². The molecule has 0 spiro atoms. The van der Waals surface area contributed by atoms with Crippen molar-refractivity contribution in [1.29, 1.82) is 0 Å². The van der Waals surface area contributed by atoms with Crippen LogP contribution in [0, 0.1) is 12.5 Å². The quantitative estimate of drug-likeness (QED) is 0.380. The van der Waals surface area contributed by atoms with E-state index in [1.807, 2.05) is 0 Å². The van der Waals surface area contributed by atoms with Gasteiger partial charge in [-0.25, -0.2) is 11.4 Å². The van der Waals surface area contributed by atoms with Gasteiger partial charge in [-0.1, -0.05) is 41.9 Å². The smallest absolute Gasteiger partial charge is 0.401 e. The van der Waals surface area contributed by atoms with Gasteiger partial charge in [0.15, 0.2) is 11.7 Å². The standard InChI is InChI=1S/C20H15ClF3NO3/c1-25-19(18(27)28-2,14-6-4-3-5-7-14)17(20(22,23)24)12-16(26)13-8-10-15(21)11-9-13/h3-11,17H,12H2,2H3/t17-,19-/m0/s1. The van der Waals surface area contributed by atoms with Crippen LogP contribution in [0.15, 0.2) is 54.6 Å². The van der Waals surface area contributed by atoms with Gasteiger partial charge in [0, 0.05) is 22.6 Å². The number of rotatable bonds is 6. The number of benzene rings is 2. The summed E-state index contributed by atoms with van der Waals surface area (Å²) in [6.45, 7) is 7.46. The Kier molecular flexibility index (Phi) is 6.47. The number of Topliss-reactive ketones (excluding diaryl/α,β-unsaturated/α-hetero) is 1. The molecule has 0 radical (unpaired) electrons. The summed E-state index contributed by atoms with van der Waals surface area (Å²) in [6.07, 6.45) is -6.12. The third kappa shape index (κ3) is 4.18. The molecule has 4 nitrogen and oxygen atoms in total. The van der Waals surface area contributed by atoms with Crippen LogP contribution in [0.3, 0.4) is 0 Å². The highest BCUT2D eigenvalue weighted by atomic mass is 35.5. The summed E-state index contributed by atoms with van der Waals surface area (Å²) in [4.78, 5) is 28.0. The minimum absolute atomic E-state index is 0.00421. The van der Waals surface area contributed by atoms with Crippen molar-refractivity contribution in [3.8, 4) is 0 Å². The van der Waals surface area contributed by atoms with Gasteiger partial charge < -0.3 is 4.74 Å². The van der Waals surface area contributed by atoms with Crippen molar-refractivity contribution in [2.45, 2.75) is 18.1 Å². The van der Waals surface area contributed by atoms with Crippen LogP contribution in [0.2, 0.25) is 5.02 Å². The first-order chi connectivity index (χ1) is 13.2. The van der Waals surface area contributed by atoms with E-state index < -0.39 is 35.8 Å². The Bertz CT molecular complexity index is 892. The molecule has 2 atom stereocenters. The maximum Gasteiger partial charge on any atom is 0.401 e. The van der Waals surface area contributed by atoms with Crippen LogP contribution in [0.4, 0.5) is 13.2 Å². The molecule has 146 valence electrons. The summed E-state index contributed by atoms with van der Waals surface area (Å²) in [5, 5.41) is 0.318. The fraction of sp³-hybridized carbons (Fsp3) is 0.250. The van der Waals surface area contributed by atoms with Crippen molar-refractivity contribution >= 4 is 23.4 Å². The fourth-order valence-corrected chi connectivity index (χ4v) is 3.06. The maximum atomic E-state index is 14.0. The molecule has 0 saturated heterocycles. The summed E-state index contributed by atoms with van der Waals surface area (Å²) in [6, 6.07) is 12.2. The van der Waals surface area contributed by atoms with Crippen LogP contribution >= 0.6 is 11.6 Å². The number of nitrogens with zero attached hydrogens (tertiary/aromatic N) is 1. The molecule has 0 fully saturated rings. The van der Waals surface area contributed by atoms with E-state index in [4.69, 9.17) is 18.2 Å². The van der Waals surface area contributed by atoms with Crippen LogP contribution in [0.25, 0.3) is 4.85 Å². The first-order valence-corrected chi connectivity index (χ1v) is 8.42. The monoisotopic (exact) mass is 409 g/mol. The lowest BCUT2D eigenvalue weighted by Gasteiger charge is -2.29. The Hall–Kier alpha value is -2.85. The first kappa shape index (κ1) is 21.5. The second-order valence-electron chi connectivity index (χ2n) is 5.96. The zero-order chi connectivity index (χ0) is 20.9. The average Bonchev–Trinajstić information content (AvgIpc) is 2.68. The van der Waals surface area contributed by atoms with E-state index in [1.165, 1.54) is 54.6 Å². The Morgan fingerprint density at radius 3 is 2.14 bits per heavy atom. The second kappa shape index (κ2) is 8.44. The van der Waals surface area contributed by atoms with Gasteiger partial charge in [0.25, 0.3) is 0 Å². The maximum absolute atomic E-state index is 14.0. The van der Waals surface area contributed by atoms with Crippen LogP contribution in [0.5, 0.6) is 0 Å². The van der Waals surface area contributed by atoms with Crippen LogP contribution in [-0.2, 0) is 15.1 Å². The van der Waals surface area contributed by atoms with Gasteiger partial charge in [-0.15, -0.1) is 0 Å². The molecule has 2 rings (SSSR count). The molecule has 8 heteroatoms. The molecule has 0 bridgehead atoms. The molecule has 28 heavy (non-hydrogen) atoms. The number of methoxy groups -OCH3 is 1. The molecule has 0 unspecified atom stereocenters. The third-order valence-electron chi connectivity index (χ3n) is 4.34. The number of hydrogen-bond donors (Lipinski definition) is 0. The van der Waals surface area contributed by atoms with Crippen molar-refractivity contribution in [2.24, 2.45) is 5.92 Å². The molecule has 0 amide bonds. The van der Waals surface area contributed by atoms with E-state index in [9.17, 15) is 22.8 Å². The predicted molar refractivity (Wildman–Crippen MR) is 96.7 cm³/mol. The largest absolute Gasteiger partial charge is 0.463 e. The Morgan fingerprint density at radius 2 is 1.68 bits per heavy atom. The number of hydrogen-bond acceptors (Lipinski definition) is 3. The number of halogens is 4. The highest BCUT2D eigenvalue weighted by molar-refractivity contribution is 6.30. The topological polar surface area (TPSA) is 47.7 Å². The van der Waals surface area contributed by atoms with Crippen molar-refractivity contribution < 1.29 is 27.5 Å². The third-order valence-corrected chi connectivity index (χ3v) is 4.59.